The van der Waals surface area contributed by atoms with Crippen molar-refractivity contribution in [2.75, 3.05) is 5.32 Å². The molecule has 1 N–H and O–H groups in total. The van der Waals surface area contributed by atoms with Gasteiger partial charge in [0.05, 0.1) is 0 Å². The topological polar surface area (TPSA) is 60.3 Å². The van der Waals surface area contributed by atoms with Crippen molar-refractivity contribution in [1.29, 1.82) is 0 Å². The Bertz CT molecular complexity index is 649. The second-order valence-corrected chi connectivity index (χ2v) is 5.46. The molecule has 0 fully saturated rings. The van der Waals surface area contributed by atoms with Crippen molar-refractivity contribution in [3.05, 3.63) is 52.8 Å². The fraction of sp³-hybridized carbons (Fsp3) is 0.200. The summed E-state index contributed by atoms with van der Waals surface area (Å²) in [6.45, 7) is 1.54. The maximum atomic E-state index is 12.0. The lowest BCUT2D eigenvalue weighted by Gasteiger charge is -2.13. The number of amides is 1. The summed E-state index contributed by atoms with van der Waals surface area (Å²) in [7, 11) is 1.74. The van der Waals surface area contributed by atoms with Gasteiger partial charge in [0.25, 0.3) is 5.91 Å². The van der Waals surface area contributed by atoms with Gasteiger partial charge in [0, 0.05) is 23.4 Å². The van der Waals surface area contributed by atoms with Gasteiger partial charge in [-0.1, -0.05) is 15.9 Å². The number of carbonyl (C=O) groups is 2. The normalized spacial score (nSPS) is 11.8. The maximum absolute atomic E-state index is 12.0. The summed E-state index contributed by atoms with van der Waals surface area (Å²) in [5, 5.41) is 2.69. The van der Waals surface area contributed by atoms with Crippen LogP contribution in [0, 0.1) is 0 Å². The minimum atomic E-state index is -0.879. The van der Waals surface area contributed by atoms with Crippen LogP contribution in [0.2, 0.25) is 0 Å². The third kappa shape index (κ3) is 3.95. The van der Waals surface area contributed by atoms with E-state index < -0.39 is 12.1 Å². The van der Waals surface area contributed by atoms with Gasteiger partial charge in [0.2, 0.25) is 0 Å². The van der Waals surface area contributed by atoms with E-state index in [0.717, 1.165) is 4.47 Å². The van der Waals surface area contributed by atoms with Crippen molar-refractivity contribution in [3.8, 4) is 0 Å². The fourth-order valence-electron chi connectivity index (χ4n) is 1.72. The van der Waals surface area contributed by atoms with Gasteiger partial charge >= 0.3 is 5.97 Å². The average Bonchev–Trinajstić information content (AvgIpc) is 2.87. The summed E-state index contributed by atoms with van der Waals surface area (Å²) in [6.07, 6.45) is 0.861. The van der Waals surface area contributed by atoms with E-state index in [1.165, 1.54) is 6.92 Å². The number of aryl methyl sites for hydroxylation is 1. The first-order valence-corrected chi connectivity index (χ1v) is 7.15. The average molecular weight is 351 g/mol. The van der Waals surface area contributed by atoms with Gasteiger partial charge in [0.1, 0.15) is 5.69 Å². The Morgan fingerprint density at radius 3 is 2.48 bits per heavy atom. The van der Waals surface area contributed by atoms with E-state index >= 15 is 0 Å². The minimum Gasteiger partial charge on any atom is -0.448 e. The Kier molecular flexibility index (Phi) is 4.80. The van der Waals surface area contributed by atoms with E-state index in [9.17, 15) is 9.59 Å². The number of nitrogens with zero attached hydrogens (tertiary/aromatic N) is 1. The highest BCUT2D eigenvalue weighted by atomic mass is 79.9. The molecule has 0 bridgehead atoms. The molecule has 1 amide bonds. The summed E-state index contributed by atoms with van der Waals surface area (Å²) < 4.78 is 7.71. The van der Waals surface area contributed by atoms with Crippen molar-refractivity contribution in [1.82, 2.24) is 4.57 Å². The third-order valence-corrected chi connectivity index (χ3v) is 3.45. The van der Waals surface area contributed by atoms with Crippen LogP contribution in [-0.2, 0) is 16.6 Å². The van der Waals surface area contributed by atoms with E-state index in [1.807, 2.05) is 12.1 Å². The van der Waals surface area contributed by atoms with Gasteiger partial charge in [-0.15, -0.1) is 0 Å². The molecule has 1 heterocycles. The molecule has 1 aromatic heterocycles. The number of halogens is 1. The highest BCUT2D eigenvalue weighted by Crippen LogP contribution is 2.14. The predicted octanol–water partition coefficient (Wildman–Crippen LogP) is 2.97. The largest absolute Gasteiger partial charge is 0.448 e. The minimum absolute atomic E-state index is 0.375. The van der Waals surface area contributed by atoms with E-state index in [2.05, 4.69) is 21.2 Å². The van der Waals surface area contributed by atoms with E-state index in [0.29, 0.717) is 11.4 Å². The second-order valence-electron chi connectivity index (χ2n) is 4.55. The fourth-order valence-corrected chi connectivity index (χ4v) is 1.99. The summed E-state index contributed by atoms with van der Waals surface area (Å²) in [6, 6.07) is 10.5. The van der Waals surface area contributed by atoms with Crippen molar-refractivity contribution in [3.63, 3.8) is 0 Å². The molecule has 6 heteroatoms. The number of rotatable bonds is 4. The van der Waals surface area contributed by atoms with E-state index in [1.54, 1.807) is 42.1 Å². The lowest BCUT2D eigenvalue weighted by molar-refractivity contribution is -0.123. The zero-order chi connectivity index (χ0) is 15.4. The molecular formula is C15H15BrN2O3. The lowest BCUT2D eigenvalue weighted by atomic mass is 10.3. The Hall–Kier alpha value is -2.08. The van der Waals surface area contributed by atoms with Crippen LogP contribution in [0.3, 0.4) is 0 Å². The highest BCUT2D eigenvalue weighted by molar-refractivity contribution is 9.10. The van der Waals surface area contributed by atoms with Crippen LogP contribution in [0.4, 0.5) is 5.69 Å². The Labute approximate surface area is 131 Å². The molecular weight excluding hydrogens is 336 g/mol. The summed E-state index contributed by atoms with van der Waals surface area (Å²) in [4.78, 5) is 23.9. The standard InChI is InChI=1S/C15H15BrN2O3/c1-10(21-15(20)13-4-3-9-18(13)2)14(19)17-12-7-5-11(16)6-8-12/h3-10H,1-2H3,(H,17,19)/t10-/m0/s1. The van der Waals surface area contributed by atoms with Crippen molar-refractivity contribution in [2.24, 2.45) is 7.05 Å². The molecule has 1 aromatic carbocycles. The molecule has 5 nitrogen and oxygen atoms in total. The summed E-state index contributed by atoms with van der Waals surface area (Å²) >= 11 is 3.32. The Morgan fingerprint density at radius 1 is 1.24 bits per heavy atom. The highest BCUT2D eigenvalue weighted by Gasteiger charge is 2.20. The first-order valence-electron chi connectivity index (χ1n) is 6.36. The monoisotopic (exact) mass is 350 g/mol. The number of hydrogen-bond acceptors (Lipinski definition) is 3. The molecule has 0 radical (unpaired) electrons. The smallest absolute Gasteiger partial charge is 0.355 e. The molecule has 0 unspecified atom stereocenters. The summed E-state index contributed by atoms with van der Waals surface area (Å²) in [5.74, 6) is -0.902. The van der Waals surface area contributed by atoms with Crippen molar-refractivity contribution < 1.29 is 14.3 Å². The van der Waals surface area contributed by atoms with E-state index in [4.69, 9.17) is 4.74 Å². The molecule has 0 saturated heterocycles. The number of benzene rings is 1. The molecule has 21 heavy (non-hydrogen) atoms. The van der Waals surface area contributed by atoms with Gasteiger partial charge < -0.3 is 14.6 Å². The van der Waals surface area contributed by atoms with E-state index in [-0.39, 0.29) is 5.91 Å². The molecule has 1 atom stereocenters. The second kappa shape index (κ2) is 6.58. The quantitative estimate of drug-likeness (QED) is 0.862. The van der Waals surface area contributed by atoms with Gasteiger partial charge in [-0.3, -0.25) is 4.79 Å². The number of hydrogen-bond donors (Lipinski definition) is 1. The van der Waals surface area contributed by atoms with Gasteiger partial charge in [-0.05, 0) is 43.3 Å². The summed E-state index contributed by atoms with van der Waals surface area (Å²) in [5.41, 5.74) is 1.04. The number of esters is 1. The zero-order valence-electron chi connectivity index (χ0n) is 11.7. The Balaban J connectivity index is 1.95. The van der Waals surface area contributed by atoms with Gasteiger partial charge in [0.15, 0.2) is 6.10 Å². The molecule has 0 aliphatic rings. The van der Waals surface area contributed by atoms with Crippen LogP contribution in [-0.4, -0.2) is 22.5 Å². The molecule has 0 aliphatic heterocycles. The van der Waals surface area contributed by atoms with Crippen LogP contribution in [0.25, 0.3) is 0 Å². The maximum Gasteiger partial charge on any atom is 0.355 e. The van der Waals surface area contributed by atoms with Crippen molar-refractivity contribution in [2.45, 2.75) is 13.0 Å². The van der Waals surface area contributed by atoms with Gasteiger partial charge in [-0.2, -0.15) is 0 Å². The SMILES string of the molecule is C[C@H](OC(=O)c1cccn1C)C(=O)Nc1ccc(Br)cc1. The first kappa shape index (κ1) is 15.3. The number of anilines is 1. The van der Waals surface area contributed by atoms with Gasteiger partial charge in [-0.25, -0.2) is 4.79 Å². The number of aromatic nitrogens is 1. The molecule has 2 aromatic rings. The number of nitrogens with one attached hydrogen (secondary N) is 1. The van der Waals surface area contributed by atoms with Crippen LogP contribution in [0.15, 0.2) is 47.1 Å². The number of carbonyl (C=O) groups excluding carboxylic acids is 2. The zero-order valence-corrected chi connectivity index (χ0v) is 13.3. The number of ether oxygens (including phenoxy) is 1. The van der Waals surface area contributed by atoms with Crippen LogP contribution >= 0.6 is 15.9 Å². The molecule has 0 spiro atoms. The van der Waals surface area contributed by atoms with Crippen LogP contribution in [0.1, 0.15) is 17.4 Å². The predicted molar refractivity (Wildman–Crippen MR) is 83.1 cm³/mol. The molecule has 2 rings (SSSR count). The molecule has 110 valence electrons. The van der Waals surface area contributed by atoms with Crippen molar-refractivity contribution >= 4 is 33.5 Å². The third-order valence-electron chi connectivity index (χ3n) is 2.92. The lowest BCUT2D eigenvalue weighted by Crippen LogP contribution is -2.30. The first-order chi connectivity index (χ1) is 9.97. The Morgan fingerprint density at radius 2 is 1.90 bits per heavy atom. The van der Waals surface area contributed by atoms with Crippen LogP contribution in [0.5, 0.6) is 0 Å². The molecule has 0 aliphatic carbocycles. The van der Waals surface area contributed by atoms with Crippen LogP contribution < -0.4 is 5.32 Å². The molecule has 0 saturated carbocycles.